The van der Waals surface area contributed by atoms with Gasteiger partial charge < -0.3 is 79.9 Å². The molecule has 15 atom stereocenters. The molecule has 3 aliphatic heterocycles. The molecule has 0 aromatic heterocycles. The van der Waals surface area contributed by atoms with E-state index in [9.17, 15) is 56.2 Å². The van der Waals surface area contributed by atoms with Gasteiger partial charge in [0.2, 0.25) is 0 Å². The first-order chi connectivity index (χ1) is 16.0. The summed E-state index contributed by atoms with van der Waals surface area (Å²) in [5.74, 6) is 0. The van der Waals surface area contributed by atoms with Crippen molar-refractivity contribution in [3.63, 3.8) is 0 Å². The average molecular weight is 504 g/mol. The quantitative estimate of drug-likeness (QED) is 0.154. The van der Waals surface area contributed by atoms with Crippen LogP contribution in [0.5, 0.6) is 0 Å². The molecule has 34 heavy (non-hydrogen) atoms. The predicted molar refractivity (Wildman–Crippen MR) is 101 cm³/mol. The summed E-state index contributed by atoms with van der Waals surface area (Å²) in [7, 11) is 0. The van der Waals surface area contributed by atoms with E-state index in [0.717, 1.165) is 0 Å². The Morgan fingerprint density at radius 1 is 0.441 bits per heavy atom. The fourth-order valence-electron chi connectivity index (χ4n) is 4.06. The minimum Gasteiger partial charge on any atom is -0.394 e. The first kappa shape index (κ1) is 27.9. The molecule has 11 N–H and O–H groups in total. The zero-order valence-electron chi connectivity index (χ0n) is 17.7. The van der Waals surface area contributed by atoms with Gasteiger partial charge in [0.1, 0.15) is 73.2 Å². The lowest BCUT2D eigenvalue weighted by atomic mass is 9.96. The Bertz CT molecular complexity index is 635. The molecule has 3 saturated heterocycles. The predicted octanol–water partition coefficient (Wildman–Crippen LogP) is -7.57. The van der Waals surface area contributed by atoms with Gasteiger partial charge in [-0.15, -0.1) is 0 Å². The number of aliphatic hydroxyl groups is 11. The molecule has 0 aromatic carbocycles. The molecule has 0 amide bonds. The van der Waals surface area contributed by atoms with Crippen LogP contribution in [0.25, 0.3) is 0 Å². The smallest absolute Gasteiger partial charge is 0.187 e. The van der Waals surface area contributed by atoms with Crippen molar-refractivity contribution in [3.8, 4) is 0 Å². The van der Waals surface area contributed by atoms with Crippen LogP contribution in [-0.2, 0) is 23.7 Å². The van der Waals surface area contributed by atoms with Crippen LogP contribution in [0, 0.1) is 0 Å². The van der Waals surface area contributed by atoms with E-state index in [1.165, 1.54) is 0 Å². The van der Waals surface area contributed by atoms with Gasteiger partial charge in [-0.1, -0.05) is 0 Å². The molecule has 3 fully saturated rings. The Labute approximate surface area is 192 Å². The standard InChI is InChI=1S/C18H32O16/c19-1-4-7(22)8(23)12(27)17(31-4)34-15-6(3-21)32-18(13(28)10(15)25)33-14-5(2-20)30-16(29)11(26)9(14)24/h4-29H,1-3H2/t4-,5-,6-,7+,8+,9-,10-,11-,12-,13-,14-,15-,16?,17-,18-/m1/s1. The van der Waals surface area contributed by atoms with Gasteiger partial charge in [0.15, 0.2) is 18.9 Å². The molecule has 3 rings (SSSR count). The number of hydrogen-bond donors (Lipinski definition) is 11. The van der Waals surface area contributed by atoms with E-state index >= 15 is 0 Å². The number of hydrogen-bond acceptors (Lipinski definition) is 16. The van der Waals surface area contributed by atoms with Gasteiger partial charge in [0, 0.05) is 0 Å². The van der Waals surface area contributed by atoms with Crippen molar-refractivity contribution in [1.29, 1.82) is 0 Å². The number of rotatable bonds is 7. The Kier molecular flexibility index (Phi) is 9.54. The van der Waals surface area contributed by atoms with Gasteiger partial charge in [0.25, 0.3) is 0 Å². The molecule has 0 saturated carbocycles. The van der Waals surface area contributed by atoms with E-state index in [0.29, 0.717) is 0 Å². The van der Waals surface area contributed by atoms with Crippen LogP contribution in [-0.4, -0.2) is 168 Å². The van der Waals surface area contributed by atoms with Crippen molar-refractivity contribution in [2.75, 3.05) is 19.8 Å². The van der Waals surface area contributed by atoms with Crippen molar-refractivity contribution < 1.29 is 79.9 Å². The second-order valence-electron chi connectivity index (χ2n) is 8.33. The molecule has 0 aliphatic carbocycles. The highest BCUT2D eigenvalue weighted by Gasteiger charge is 2.53. The molecular formula is C18H32O16. The lowest BCUT2D eigenvalue weighted by Gasteiger charge is -2.47. The third kappa shape index (κ3) is 5.37. The van der Waals surface area contributed by atoms with E-state index in [-0.39, 0.29) is 0 Å². The van der Waals surface area contributed by atoms with Gasteiger partial charge >= 0.3 is 0 Å². The SMILES string of the molecule is OC[C@H]1O[C@H](O[C@H]2[C@H](O)[C@@H](O)[C@@H](O[C@H]3[C@H](O)[C@@H](O)C(O)O[C@@H]3CO)O[C@@H]2CO)[C@H](O)[C@@H](O)[C@H]1O. The summed E-state index contributed by atoms with van der Waals surface area (Å²) >= 11 is 0. The minimum absolute atomic E-state index is 0.741. The molecule has 16 nitrogen and oxygen atoms in total. The summed E-state index contributed by atoms with van der Waals surface area (Å²) < 4.78 is 26.4. The Balaban J connectivity index is 1.72. The number of ether oxygens (including phenoxy) is 5. The molecule has 0 spiro atoms. The Hall–Kier alpha value is -0.640. The van der Waals surface area contributed by atoms with Crippen LogP contribution >= 0.6 is 0 Å². The fourth-order valence-corrected chi connectivity index (χ4v) is 4.06. The number of aliphatic hydroxyl groups excluding tert-OH is 11. The Morgan fingerprint density at radius 3 is 1.35 bits per heavy atom. The summed E-state index contributed by atoms with van der Waals surface area (Å²) in [4.78, 5) is 0. The monoisotopic (exact) mass is 504 g/mol. The van der Waals surface area contributed by atoms with Gasteiger partial charge in [-0.25, -0.2) is 0 Å². The van der Waals surface area contributed by atoms with E-state index in [4.69, 9.17) is 23.7 Å². The van der Waals surface area contributed by atoms with Crippen LogP contribution in [0.15, 0.2) is 0 Å². The zero-order chi connectivity index (χ0) is 25.3. The second kappa shape index (κ2) is 11.6. The van der Waals surface area contributed by atoms with Crippen LogP contribution in [0.3, 0.4) is 0 Å². The van der Waals surface area contributed by atoms with E-state index in [1.54, 1.807) is 0 Å². The molecule has 3 heterocycles. The maximum Gasteiger partial charge on any atom is 0.187 e. The topological polar surface area (TPSA) is 269 Å². The molecular weight excluding hydrogens is 472 g/mol. The van der Waals surface area contributed by atoms with Gasteiger partial charge in [-0.2, -0.15) is 0 Å². The van der Waals surface area contributed by atoms with Crippen LogP contribution < -0.4 is 0 Å². The van der Waals surface area contributed by atoms with Crippen LogP contribution in [0.4, 0.5) is 0 Å². The Morgan fingerprint density at radius 2 is 0.853 bits per heavy atom. The van der Waals surface area contributed by atoms with E-state index in [2.05, 4.69) is 0 Å². The summed E-state index contributed by atoms with van der Waals surface area (Å²) in [5, 5.41) is 109. The molecule has 200 valence electrons. The molecule has 0 aromatic rings. The van der Waals surface area contributed by atoms with Crippen molar-refractivity contribution in [1.82, 2.24) is 0 Å². The first-order valence-electron chi connectivity index (χ1n) is 10.6. The average Bonchev–Trinajstić information content (AvgIpc) is 2.83. The molecule has 0 radical (unpaired) electrons. The third-order valence-electron chi connectivity index (χ3n) is 6.09. The largest absolute Gasteiger partial charge is 0.394 e. The second-order valence-corrected chi connectivity index (χ2v) is 8.33. The summed E-state index contributed by atoms with van der Waals surface area (Å²) in [6.07, 6.45) is -25.1. The molecule has 1 unspecified atom stereocenters. The third-order valence-corrected chi connectivity index (χ3v) is 6.09. The van der Waals surface area contributed by atoms with Crippen molar-refractivity contribution in [2.24, 2.45) is 0 Å². The van der Waals surface area contributed by atoms with Crippen molar-refractivity contribution >= 4 is 0 Å². The summed E-state index contributed by atoms with van der Waals surface area (Å²) in [5.41, 5.74) is 0. The fraction of sp³-hybridized carbons (Fsp3) is 1.00. The minimum atomic E-state index is -1.91. The summed E-state index contributed by atoms with van der Waals surface area (Å²) in [6.45, 7) is -2.32. The van der Waals surface area contributed by atoms with E-state index < -0.39 is 112 Å². The van der Waals surface area contributed by atoms with Gasteiger partial charge in [0.05, 0.1) is 19.8 Å². The normalized spacial score (nSPS) is 52.5. The van der Waals surface area contributed by atoms with Crippen molar-refractivity contribution in [2.45, 2.75) is 92.1 Å². The summed E-state index contributed by atoms with van der Waals surface area (Å²) in [6, 6.07) is 0. The highest BCUT2D eigenvalue weighted by Crippen LogP contribution is 2.32. The van der Waals surface area contributed by atoms with Crippen molar-refractivity contribution in [3.05, 3.63) is 0 Å². The highest BCUT2D eigenvalue weighted by molar-refractivity contribution is 4.96. The maximum absolute atomic E-state index is 10.6. The lowest BCUT2D eigenvalue weighted by molar-refractivity contribution is -0.377. The molecule has 3 aliphatic rings. The maximum atomic E-state index is 10.6. The first-order valence-corrected chi connectivity index (χ1v) is 10.6. The van der Waals surface area contributed by atoms with Gasteiger partial charge in [-0.05, 0) is 0 Å². The highest BCUT2D eigenvalue weighted by atomic mass is 16.8. The molecule has 0 bridgehead atoms. The zero-order valence-corrected chi connectivity index (χ0v) is 17.7. The van der Waals surface area contributed by atoms with Gasteiger partial charge in [-0.3, -0.25) is 0 Å². The van der Waals surface area contributed by atoms with Crippen LogP contribution in [0.2, 0.25) is 0 Å². The van der Waals surface area contributed by atoms with E-state index in [1.807, 2.05) is 0 Å². The molecule has 16 heteroatoms. The lowest BCUT2D eigenvalue weighted by Crippen LogP contribution is -2.66. The van der Waals surface area contributed by atoms with Crippen LogP contribution in [0.1, 0.15) is 0 Å².